The first kappa shape index (κ1) is 16.5. The standard InChI is InChI=1S/C15H15ClN2O3S/c1-10(19)21-8-14(20)17-7-6-13-9-22-15(18-13)11-2-4-12(16)5-3-11/h2-5,9H,6-8H2,1H3,(H,17,20). The SMILES string of the molecule is CC(=O)OCC(=O)NCCc1csc(-c2ccc(Cl)cc2)n1. The van der Waals surface area contributed by atoms with Gasteiger partial charge in [0, 0.05) is 35.9 Å². The van der Waals surface area contributed by atoms with Crippen molar-refractivity contribution in [1.82, 2.24) is 10.3 Å². The number of aromatic nitrogens is 1. The minimum Gasteiger partial charge on any atom is -0.456 e. The summed E-state index contributed by atoms with van der Waals surface area (Å²) in [5, 5.41) is 6.24. The van der Waals surface area contributed by atoms with Crippen molar-refractivity contribution in [2.24, 2.45) is 0 Å². The average molecular weight is 339 g/mol. The molecule has 0 saturated heterocycles. The van der Waals surface area contributed by atoms with Crippen LogP contribution in [0.25, 0.3) is 10.6 Å². The van der Waals surface area contributed by atoms with Crippen molar-refractivity contribution in [2.75, 3.05) is 13.2 Å². The fourth-order valence-corrected chi connectivity index (χ4v) is 2.68. The predicted octanol–water partition coefficient (Wildman–Crippen LogP) is 2.69. The Morgan fingerprint density at radius 3 is 2.73 bits per heavy atom. The summed E-state index contributed by atoms with van der Waals surface area (Å²) in [6, 6.07) is 7.50. The number of nitrogens with one attached hydrogen (secondary N) is 1. The molecule has 0 aliphatic rings. The predicted molar refractivity (Wildman–Crippen MR) is 85.9 cm³/mol. The van der Waals surface area contributed by atoms with Crippen LogP contribution in [0.15, 0.2) is 29.6 Å². The summed E-state index contributed by atoms with van der Waals surface area (Å²) in [6.07, 6.45) is 0.621. The molecular formula is C15H15ClN2O3S. The van der Waals surface area contributed by atoms with Gasteiger partial charge in [0.15, 0.2) is 6.61 Å². The topological polar surface area (TPSA) is 68.3 Å². The molecule has 22 heavy (non-hydrogen) atoms. The zero-order valence-electron chi connectivity index (χ0n) is 12.0. The fourth-order valence-electron chi connectivity index (χ4n) is 1.70. The Labute approximate surface area is 137 Å². The lowest BCUT2D eigenvalue weighted by Gasteiger charge is -2.03. The molecule has 1 aromatic heterocycles. The van der Waals surface area contributed by atoms with Gasteiger partial charge in [-0.2, -0.15) is 0 Å². The highest BCUT2D eigenvalue weighted by Gasteiger charge is 2.06. The Hall–Kier alpha value is -1.92. The summed E-state index contributed by atoms with van der Waals surface area (Å²) in [7, 11) is 0. The van der Waals surface area contributed by atoms with Crippen molar-refractivity contribution < 1.29 is 14.3 Å². The highest BCUT2D eigenvalue weighted by Crippen LogP contribution is 2.25. The van der Waals surface area contributed by atoms with E-state index in [2.05, 4.69) is 15.0 Å². The zero-order valence-corrected chi connectivity index (χ0v) is 13.5. The minimum atomic E-state index is -0.470. The lowest BCUT2D eigenvalue weighted by atomic mass is 10.2. The van der Waals surface area contributed by atoms with Crippen LogP contribution in [0, 0.1) is 0 Å². The third-order valence-corrected chi connectivity index (χ3v) is 3.94. The van der Waals surface area contributed by atoms with Crippen molar-refractivity contribution >= 4 is 34.8 Å². The molecule has 2 rings (SSSR count). The molecule has 0 atom stereocenters. The number of rotatable bonds is 6. The van der Waals surface area contributed by atoms with Gasteiger partial charge in [-0.05, 0) is 12.1 Å². The van der Waals surface area contributed by atoms with E-state index in [1.807, 2.05) is 29.6 Å². The molecule has 2 aromatic rings. The van der Waals surface area contributed by atoms with E-state index in [0.717, 1.165) is 16.3 Å². The molecule has 1 aromatic carbocycles. The number of thiazole rings is 1. The van der Waals surface area contributed by atoms with Crippen LogP contribution in [-0.2, 0) is 20.7 Å². The number of amides is 1. The van der Waals surface area contributed by atoms with Crippen LogP contribution in [-0.4, -0.2) is 30.0 Å². The van der Waals surface area contributed by atoms with Gasteiger partial charge in [0.25, 0.3) is 5.91 Å². The largest absolute Gasteiger partial charge is 0.456 e. The Bertz CT molecular complexity index is 655. The first-order chi connectivity index (χ1) is 10.5. The number of hydrogen-bond acceptors (Lipinski definition) is 5. The Balaban J connectivity index is 1.81. The highest BCUT2D eigenvalue weighted by molar-refractivity contribution is 7.13. The molecule has 116 valence electrons. The van der Waals surface area contributed by atoms with Gasteiger partial charge in [-0.3, -0.25) is 9.59 Å². The van der Waals surface area contributed by atoms with Crippen LogP contribution in [0.2, 0.25) is 5.02 Å². The smallest absolute Gasteiger partial charge is 0.303 e. The Morgan fingerprint density at radius 1 is 1.32 bits per heavy atom. The van der Waals surface area contributed by atoms with E-state index in [9.17, 15) is 9.59 Å². The van der Waals surface area contributed by atoms with Gasteiger partial charge in [-0.25, -0.2) is 4.98 Å². The number of nitrogens with zero attached hydrogens (tertiary/aromatic N) is 1. The molecule has 7 heteroatoms. The van der Waals surface area contributed by atoms with Gasteiger partial charge in [0.1, 0.15) is 5.01 Å². The summed E-state index contributed by atoms with van der Waals surface area (Å²) in [6.45, 7) is 1.47. The lowest BCUT2D eigenvalue weighted by molar-refractivity contribution is -0.146. The van der Waals surface area contributed by atoms with E-state index in [1.54, 1.807) is 11.3 Å². The minimum absolute atomic E-state index is 0.248. The van der Waals surface area contributed by atoms with Crippen LogP contribution in [0.3, 0.4) is 0 Å². The van der Waals surface area contributed by atoms with E-state index in [-0.39, 0.29) is 12.5 Å². The molecule has 5 nitrogen and oxygen atoms in total. The van der Waals surface area contributed by atoms with E-state index >= 15 is 0 Å². The second-order valence-corrected chi connectivity index (χ2v) is 5.83. The van der Waals surface area contributed by atoms with E-state index in [4.69, 9.17) is 11.6 Å². The fraction of sp³-hybridized carbons (Fsp3) is 0.267. The normalized spacial score (nSPS) is 10.3. The highest BCUT2D eigenvalue weighted by atomic mass is 35.5. The van der Waals surface area contributed by atoms with E-state index in [0.29, 0.717) is 18.0 Å². The van der Waals surface area contributed by atoms with Gasteiger partial charge in [0.2, 0.25) is 0 Å². The number of halogens is 1. The summed E-state index contributed by atoms with van der Waals surface area (Å²) in [5.74, 6) is -0.786. The molecule has 1 heterocycles. The van der Waals surface area contributed by atoms with Crippen molar-refractivity contribution in [2.45, 2.75) is 13.3 Å². The number of esters is 1. The number of carbonyl (C=O) groups is 2. The molecule has 0 bridgehead atoms. The van der Waals surface area contributed by atoms with Gasteiger partial charge in [-0.15, -0.1) is 11.3 Å². The Morgan fingerprint density at radius 2 is 2.05 bits per heavy atom. The van der Waals surface area contributed by atoms with Crippen LogP contribution >= 0.6 is 22.9 Å². The van der Waals surface area contributed by atoms with Crippen molar-refractivity contribution in [3.63, 3.8) is 0 Å². The first-order valence-corrected chi connectivity index (χ1v) is 7.91. The lowest BCUT2D eigenvalue weighted by Crippen LogP contribution is -2.30. The summed E-state index contributed by atoms with van der Waals surface area (Å²) < 4.78 is 4.60. The summed E-state index contributed by atoms with van der Waals surface area (Å²) in [4.78, 5) is 26.5. The number of ether oxygens (including phenoxy) is 1. The molecular weight excluding hydrogens is 324 g/mol. The average Bonchev–Trinajstić information content (AvgIpc) is 2.95. The molecule has 0 aliphatic carbocycles. The number of carbonyl (C=O) groups excluding carboxylic acids is 2. The first-order valence-electron chi connectivity index (χ1n) is 6.65. The maximum Gasteiger partial charge on any atom is 0.303 e. The van der Waals surface area contributed by atoms with E-state index in [1.165, 1.54) is 6.92 Å². The van der Waals surface area contributed by atoms with Gasteiger partial charge in [0.05, 0.1) is 5.69 Å². The van der Waals surface area contributed by atoms with Crippen LogP contribution in [0.5, 0.6) is 0 Å². The quantitative estimate of drug-likeness (QED) is 0.822. The second-order valence-electron chi connectivity index (χ2n) is 4.53. The van der Waals surface area contributed by atoms with Crippen LogP contribution in [0.1, 0.15) is 12.6 Å². The molecule has 0 saturated carbocycles. The summed E-state index contributed by atoms with van der Waals surface area (Å²) in [5.41, 5.74) is 1.92. The number of hydrogen-bond donors (Lipinski definition) is 1. The molecule has 0 fully saturated rings. The van der Waals surface area contributed by atoms with Gasteiger partial charge < -0.3 is 10.1 Å². The molecule has 0 unspecified atom stereocenters. The summed E-state index contributed by atoms with van der Waals surface area (Å²) >= 11 is 7.40. The van der Waals surface area contributed by atoms with Gasteiger partial charge in [-0.1, -0.05) is 23.7 Å². The third kappa shape index (κ3) is 5.13. The van der Waals surface area contributed by atoms with Crippen LogP contribution in [0.4, 0.5) is 0 Å². The number of benzene rings is 1. The van der Waals surface area contributed by atoms with Crippen molar-refractivity contribution in [3.05, 3.63) is 40.4 Å². The second kappa shape index (κ2) is 7.91. The molecule has 1 amide bonds. The third-order valence-electron chi connectivity index (χ3n) is 2.75. The molecule has 1 N–H and O–H groups in total. The zero-order chi connectivity index (χ0) is 15.9. The van der Waals surface area contributed by atoms with Crippen molar-refractivity contribution in [1.29, 1.82) is 0 Å². The molecule has 0 spiro atoms. The Kier molecular flexibility index (Phi) is 5.91. The monoisotopic (exact) mass is 338 g/mol. The van der Waals surface area contributed by atoms with E-state index < -0.39 is 5.97 Å². The molecule has 0 radical (unpaired) electrons. The maximum atomic E-state index is 11.4. The van der Waals surface area contributed by atoms with Crippen LogP contribution < -0.4 is 5.32 Å². The molecule has 0 aliphatic heterocycles. The van der Waals surface area contributed by atoms with Crippen molar-refractivity contribution in [3.8, 4) is 10.6 Å². The van der Waals surface area contributed by atoms with Gasteiger partial charge >= 0.3 is 5.97 Å². The maximum absolute atomic E-state index is 11.4.